The van der Waals surface area contributed by atoms with E-state index < -0.39 is 5.41 Å². The predicted molar refractivity (Wildman–Crippen MR) is 59.9 cm³/mol. The summed E-state index contributed by atoms with van der Waals surface area (Å²) in [4.78, 5) is 15.4. The molecule has 0 aromatic carbocycles. The second kappa shape index (κ2) is 3.46. The monoisotopic (exact) mass is 211 g/mol. The summed E-state index contributed by atoms with van der Waals surface area (Å²) in [5.41, 5.74) is 0.490. The lowest BCUT2D eigenvalue weighted by Crippen LogP contribution is -2.20. The van der Waals surface area contributed by atoms with Gasteiger partial charge in [-0.05, 0) is 13.8 Å². The van der Waals surface area contributed by atoms with Gasteiger partial charge in [-0.3, -0.25) is 0 Å². The number of hydrogen-bond acceptors (Lipinski definition) is 3. The Labute approximate surface area is 89.4 Å². The van der Waals surface area contributed by atoms with Gasteiger partial charge in [0.05, 0.1) is 16.1 Å². The maximum atomic E-state index is 10.9. The normalized spacial score (nSPS) is 12.9. The number of carbonyl (C=O) groups is 1. The number of carbonyl (C=O) groups excluding carboxylic acids is 1. The lowest BCUT2D eigenvalue weighted by Gasteiger charge is -2.16. The van der Waals surface area contributed by atoms with Gasteiger partial charge in [-0.1, -0.05) is 20.8 Å². The minimum Gasteiger partial charge on any atom is -0.302 e. The molecule has 1 heterocycles. The fraction of sp³-hybridized carbons (Fsp3) is 0.636. The standard InChI is InChI=1S/C11H17NOS/c1-10(2,3)9-12-8(6-14-9)11(4,5)7-13/h6-7H,1-5H3. The highest BCUT2D eigenvalue weighted by atomic mass is 32.1. The Kier molecular flexibility index (Phi) is 2.81. The number of rotatable bonds is 2. The van der Waals surface area contributed by atoms with Gasteiger partial charge < -0.3 is 4.79 Å². The van der Waals surface area contributed by atoms with Gasteiger partial charge in [0.15, 0.2) is 0 Å². The minimum absolute atomic E-state index is 0.0713. The highest BCUT2D eigenvalue weighted by molar-refractivity contribution is 7.09. The number of nitrogens with zero attached hydrogens (tertiary/aromatic N) is 1. The third kappa shape index (κ3) is 2.21. The van der Waals surface area contributed by atoms with Crippen LogP contribution < -0.4 is 0 Å². The molecule has 0 saturated carbocycles. The fourth-order valence-electron chi connectivity index (χ4n) is 0.975. The molecule has 3 heteroatoms. The van der Waals surface area contributed by atoms with E-state index in [9.17, 15) is 4.79 Å². The van der Waals surface area contributed by atoms with E-state index in [-0.39, 0.29) is 5.41 Å². The first-order chi connectivity index (χ1) is 6.27. The smallest absolute Gasteiger partial charge is 0.131 e. The van der Waals surface area contributed by atoms with Crippen LogP contribution in [0.15, 0.2) is 5.38 Å². The summed E-state index contributed by atoms with van der Waals surface area (Å²) in [6.45, 7) is 10.2. The molecular formula is C11H17NOS. The Morgan fingerprint density at radius 2 is 1.86 bits per heavy atom. The van der Waals surface area contributed by atoms with Crippen molar-refractivity contribution in [3.63, 3.8) is 0 Å². The van der Waals surface area contributed by atoms with E-state index in [1.54, 1.807) is 11.3 Å². The van der Waals surface area contributed by atoms with E-state index in [1.165, 1.54) is 0 Å². The molecule has 0 aliphatic rings. The average molecular weight is 211 g/mol. The molecule has 0 bridgehead atoms. The van der Waals surface area contributed by atoms with Gasteiger partial charge in [-0.15, -0.1) is 11.3 Å². The number of hydrogen-bond donors (Lipinski definition) is 0. The third-order valence-electron chi connectivity index (χ3n) is 2.10. The van der Waals surface area contributed by atoms with Crippen molar-refractivity contribution in [2.45, 2.75) is 45.4 Å². The number of aldehydes is 1. The van der Waals surface area contributed by atoms with E-state index >= 15 is 0 Å². The zero-order valence-electron chi connectivity index (χ0n) is 9.42. The zero-order chi connectivity index (χ0) is 11.0. The predicted octanol–water partition coefficient (Wildman–Crippen LogP) is 2.92. The van der Waals surface area contributed by atoms with E-state index in [1.807, 2.05) is 19.2 Å². The molecule has 0 amide bonds. The van der Waals surface area contributed by atoms with Crippen LogP contribution >= 0.6 is 11.3 Å². The molecule has 0 saturated heterocycles. The van der Waals surface area contributed by atoms with Crippen LogP contribution in [0, 0.1) is 0 Å². The van der Waals surface area contributed by atoms with E-state index in [0.29, 0.717) is 0 Å². The molecule has 0 unspecified atom stereocenters. The lowest BCUT2D eigenvalue weighted by atomic mass is 9.92. The van der Waals surface area contributed by atoms with Crippen LogP contribution in [0.5, 0.6) is 0 Å². The van der Waals surface area contributed by atoms with Crippen LogP contribution in [-0.4, -0.2) is 11.3 Å². The molecule has 0 radical (unpaired) electrons. The van der Waals surface area contributed by atoms with Crippen LogP contribution in [0.25, 0.3) is 0 Å². The first-order valence-corrected chi connectivity index (χ1v) is 5.58. The summed E-state index contributed by atoms with van der Waals surface area (Å²) < 4.78 is 0. The summed E-state index contributed by atoms with van der Waals surface area (Å²) in [5.74, 6) is 0. The zero-order valence-corrected chi connectivity index (χ0v) is 10.2. The minimum atomic E-state index is -0.458. The lowest BCUT2D eigenvalue weighted by molar-refractivity contribution is -0.111. The molecule has 1 rings (SSSR count). The molecular weight excluding hydrogens is 194 g/mol. The quantitative estimate of drug-likeness (QED) is 0.704. The Morgan fingerprint density at radius 3 is 2.21 bits per heavy atom. The van der Waals surface area contributed by atoms with Crippen molar-refractivity contribution in [3.8, 4) is 0 Å². The Balaban J connectivity index is 3.06. The molecule has 0 aliphatic carbocycles. The van der Waals surface area contributed by atoms with Gasteiger partial charge in [0.1, 0.15) is 6.29 Å². The molecule has 0 spiro atoms. The highest BCUT2D eigenvalue weighted by Gasteiger charge is 2.25. The summed E-state index contributed by atoms with van der Waals surface area (Å²) in [7, 11) is 0. The van der Waals surface area contributed by atoms with E-state index in [0.717, 1.165) is 17.0 Å². The van der Waals surface area contributed by atoms with Crippen LogP contribution in [0.2, 0.25) is 0 Å². The molecule has 0 N–H and O–H groups in total. The van der Waals surface area contributed by atoms with Crippen LogP contribution in [0.3, 0.4) is 0 Å². The van der Waals surface area contributed by atoms with Gasteiger partial charge in [0, 0.05) is 10.8 Å². The van der Waals surface area contributed by atoms with Gasteiger partial charge in [-0.25, -0.2) is 4.98 Å². The largest absolute Gasteiger partial charge is 0.302 e. The molecule has 1 aromatic rings. The Bertz CT molecular complexity index is 333. The fourth-order valence-corrected chi connectivity index (χ4v) is 2.06. The SMILES string of the molecule is CC(C)(C)c1nc(C(C)(C)C=O)cs1. The second-order valence-electron chi connectivity index (χ2n) is 5.13. The van der Waals surface area contributed by atoms with Crippen molar-refractivity contribution in [3.05, 3.63) is 16.1 Å². The van der Waals surface area contributed by atoms with Gasteiger partial charge >= 0.3 is 0 Å². The highest BCUT2D eigenvalue weighted by Crippen LogP contribution is 2.29. The van der Waals surface area contributed by atoms with Crippen molar-refractivity contribution in [1.29, 1.82) is 0 Å². The maximum absolute atomic E-state index is 10.9. The number of aromatic nitrogens is 1. The van der Waals surface area contributed by atoms with E-state index in [2.05, 4.69) is 25.8 Å². The Hall–Kier alpha value is -0.700. The first kappa shape index (κ1) is 11.4. The summed E-state index contributed by atoms with van der Waals surface area (Å²) in [6.07, 6.45) is 0.953. The van der Waals surface area contributed by atoms with Crippen molar-refractivity contribution in [2.75, 3.05) is 0 Å². The molecule has 2 nitrogen and oxygen atoms in total. The molecule has 0 aliphatic heterocycles. The second-order valence-corrected chi connectivity index (χ2v) is 5.99. The van der Waals surface area contributed by atoms with Crippen molar-refractivity contribution < 1.29 is 4.79 Å². The Morgan fingerprint density at radius 1 is 1.29 bits per heavy atom. The van der Waals surface area contributed by atoms with E-state index in [4.69, 9.17) is 0 Å². The molecule has 78 valence electrons. The van der Waals surface area contributed by atoms with Gasteiger partial charge in [-0.2, -0.15) is 0 Å². The van der Waals surface area contributed by atoms with Crippen LogP contribution in [0.4, 0.5) is 0 Å². The van der Waals surface area contributed by atoms with Crippen molar-refractivity contribution in [1.82, 2.24) is 4.98 Å². The van der Waals surface area contributed by atoms with Crippen LogP contribution in [0.1, 0.15) is 45.3 Å². The molecule has 0 atom stereocenters. The summed E-state index contributed by atoms with van der Waals surface area (Å²) >= 11 is 1.63. The van der Waals surface area contributed by atoms with Crippen LogP contribution in [-0.2, 0) is 15.6 Å². The van der Waals surface area contributed by atoms with Crippen molar-refractivity contribution >= 4 is 17.6 Å². The topological polar surface area (TPSA) is 30.0 Å². The maximum Gasteiger partial charge on any atom is 0.131 e. The summed E-state index contributed by atoms with van der Waals surface area (Å²) in [5, 5.41) is 3.07. The first-order valence-electron chi connectivity index (χ1n) is 4.70. The number of thiazole rings is 1. The third-order valence-corrected chi connectivity index (χ3v) is 3.37. The van der Waals surface area contributed by atoms with Crippen molar-refractivity contribution in [2.24, 2.45) is 0 Å². The average Bonchev–Trinajstić information content (AvgIpc) is 2.51. The molecule has 0 fully saturated rings. The summed E-state index contributed by atoms with van der Waals surface area (Å²) in [6, 6.07) is 0. The molecule has 14 heavy (non-hydrogen) atoms. The van der Waals surface area contributed by atoms with Gasteiger partial charge in [0.25, 0.3) is 0 Å². The molecule has 1 aromatic heterocycles. The van der Waals surface area contributed by atoms with Gasteiger partial charge in [0.2, 0.25) is 0 Å².